The molecule has 2 aromatic heterocycles. The molecule has 0 aromatic carbocycles. The molecule has 0 bridgehead atoms. The molecule has 6 nitrogen and oxygen atoms in total. The highest BCUT2D eigenvalue weighted by Gasteiger charge is 2.12. The Hall–Kier alpha value is -1.73. The zero-order valence-corrected chi connectivity index (χ0v) is 15.7. The second-order valence-electron chi connectivity index (χ2n) is 5.45. The monoisotopic (exact) mass is 367 g/mol. The van der Waals surface area contributed by atoms with Crippen molar-refractivity contribution >= 4 is 40.7 Å². The second kappa shape index (κ2) is 8.94. The van der Waals surface area contributed by atoms with Crippen molar-refractivity contribution in [3.8, 4) is 0 Å². The Balaban J connectivity index is 1.99. The SMILES string of the molecule is CCC(=O)Nc1nc(C)nc(NC(CC)CCc2cc(Cl)cs2)n1. The van der Waals surface area contributed by atoms with Gasteiger partial charge in [0.15, 0.2) is 0 Å². The molecular weight excluding hydrogens is 346 g/mol. The average molecular weight is 368 g/mol. The molecule has 0 fully saturated rings. The molecule has 1 unspecified atom stereocenters. The van der Waals surface area contributed by atoms with Crippen LogP contribution in [0.2, 0.25) is 5.02 Å². The van der Waals surface area contributed by atoms with Gasteiger partial charge in [-0.3, -0.25) is 10.1 Å². The molecule has 8 heteroatoms. The van der Waals surface area contributed by atoms with E-state index in [1.807, 2.05) is 11.4 Å². The lowest BCUT2D eigenvalue weighted by Crippen LogP contribution is -2.22. The third-order valence-electron chi connectivity index (χ3n) is 3.51. The van der Waals surface area contributed by atoms with Crippen LogP contribution in [0.3, 0.4) is 0 Å². The molecule has 2 N–H and O–H groups in total. The zero-order valence-electron chi connectivity index (χ0n) is 14.1. The number of hydrogen-bond acceptors (Lipinski definition) is 6. The summed E-state index contributed by atoms with van der Waals surface area (Å²) in [4.78, 5) is 25.5. The van der Waals surface area contributed by atoms with Crippen LogP contribution in [0.1, 0.15) is 43.8 Å². The van der Waals surface area contributed by atoms with E-state index in [1.54, 1.807) is 25.2 Å². The molecule has 1 amide bonds. The van der Waals surface area contributed by atoms with Crippen molar-refractivity contribution in [2.75, 3.05) is 10.6 Å². The van der Waals surface area contributed by atoms with Crippen LogP contribution in [0.5, 0.6) is 0 Å². The van der Waals surface area contributed by atoms with Gasteiger partial charge in [-0.15, -0.1) is 11.3 Å². The van der Waals surface area contributed by atoms with E-state index >= 15 is 0 Å². The summed E-state index contributed by atoms with van der Waals surface area (Å²) in [5.41, 5.74) is 0. The first-order valence-electron chi connectivity index (χ1n) is 8.02. The normalized spacial score (nSPS) is 12.0. The number of carbonyl (C=O) groups excluding carboxylic acids is 1. The van der Waals surface area contributed by atoms with E-state index in [-0.39, 0.29) is 17.9 Å². The van der Waals surface area contributed by atoms with Crippen molar-refractivity contribution in [2.45, 2.75) is 52.5 Å². The van der Waals surface area contributed by atoms with Gasteiger partial charge in [0.2, 0.25) is 17.8 Å². The van der Waals surface area contributed by atoms with E-state index in [9.17, 15) is 4.79 Å². The van der Waals surface area contributed by atoms with E-state index < -0.39 is 0 Å². The van der Waals surface area contributed by atoms with Crippen LogP contribution in [-0.4, -0.2) is 26.9 Å². The van der Waals surface area contributed by atoms with Crippen molar-refractivity contribution in [1.29, 1.82) is 0 Å². The van der Waals surface area contributed by atoms with Gasteiger partial charge in [0.05, 0.1) is 5.02 Å². The van der Waals surface area contributed by atoms with Crippen LogP contribution >= 0.6 is 22.9 Å². The van der Waals surface area contributed by atoms with Crippen molar-refractivity contribution in [1.82, 2.24) is 15.0 Å². The van der Waals surface area contributed by atoms with Crippen molar-refractivity contribution in [3.05, 3.63) is 27.2 Å². The Morgan fingerprint density at radius 3 is 2.67 bits per heavy atom. The molecule has 130 valence electrons. The lowest BCUT2D eigenvalue weighted by Gasteiger charge is -2.17. The highest BCUT2D eigenvalue weighted by Crippen LogP contribution is 2.21. The highest BCUT2D eigenvalue weighted by atomic mass is 35.5. The van der Waals surface area contributed by atoms with Crippen LogP contribution in [0.15, 0.2) is 11.4 Å². The molecule has 1 atom stereocenters. The fraction of sp³-hybridized carbons (Fsp3) is 0.500. The first-order valence-corrected chi connectivity index (χ1v) is 9.27. The van der Waals surface area contributed by atoms with Gasteiger partial charge in [0.25, 0.3) is 0 Å². The molecule has 0 aliphatic carbocycles. The minimum Gasteiger partial charge on any atom is -0.351 e. The molecular formula is C16H22ClN5OS. The van der Waals surface area contributed by atoms with E-state index in [2.05, 4.69) is 32.5 Å². The van der Waals surface area contributed by atoms with Crippen LogP contribution in [-0.2, 0) is 11.2 Å². The lowest BCUT2D eigenvalue weighted by molar-refractivity contribution is -0.115. The standard InChI is InChI=1S/C16H22ClN5OS/c1-4-12(6-7-13-8-11(17)9-24-13)20-15-18-10(3)19-16(22-15)21-14(23)5-2/h8-9,12H,4-7H2,1-3H3,(H2,18,19,20,21,22,23). The number of hydrogen-bond donors (Lipinski definition) is 2. The summed E-state index contributed by atoms with van der Waals surface area (Å²) in [5.74, 6) is 1.23. The van der Waals surface area contributed by atoms with E-state index in [4.69, 9.17) is 11.6 Å². The molecule has 0 radical (unpaired) electrons. The maximum absolute atomic E-state index is 11.5. The van der Waals surface area contributed by atoms with Crippen molar-refractivity contribution in [2.24, 2.45) is 0 Å². The predicted octanol–water partition coefficient (Wildman–Crippen LogP) is 4.07. The Kier molecular flexibility index (Phi) is 6.93. The minimum absolute atomic E-state index is 0.117. The fourth-order valence-electron chi connectivity index (χ4n) is 2.18. The number of amides is 1. The van der Waals surface area contributed by atoms with Gasteiger partial charge in [-0.25, -0.2) is 0 Å². The van der Waals surface area contributed by atoms with E-state index in [0.717, 1.165) is 24.3 Å². The molecule has 0 aliphatic rings. The first-order chi connectivity index (χ1) is 11.5. The number of halogens is 1. The number of nitrogens with zero attached hydrogens (tertiary/aromatic N) is 3. The van der Waals surface area contributed by atoms with Crippen LogP contribution in [0, 0.1) is 6.92 Å². The Morgan fingerprint density at radius 1 is 1.29 bits per heavy atom. The number of nitrogens with one attached hydrogen (secondary N) is 2. The van der Waals surface area contributed by atoms with Crippen LogP contribution < -0.4 is 10.6 Å². The third-order valence-corrected chi connectivity index (χ3v) is 4.85. The summed E-state index contributed by atoms with van der Waals surface area (Å²) < 4.78 is 0. The number of aromatic nitrogens is 3. The Morgan fingerprint density at radius 2 is 2.04 bits per heavy atom. The smallest absolute Gasteiger partial charge is 0.234 e. The lowest BCUT2D eigenvalue weighted by atomic mass is 10.1. The molecule has 0 saturated carbocycles. The summed E-state index contributed by atoms with van der Waals surface area (Å²) in [6, 6.07) is 2.24. The third kappa shape index (κ3) is 5.72. The second-order valence-corrected chi connectivity index (χ2v) is 6.88. The minimum atomic E-state index is -0.117. The van der Waals surface area contributed by atoms with Crippen molar-refractivity contribution in [3.63, 3.8) is 0 Å². The largest absolute Gasteiger partial charge is 0.351 e. The van der Waals surface area contributed by atoms with Gasteiger partial charge >= 0.3 is 0 Å². The molecule has 0 saturated heterocycles. The molecule has 0 aliphatic heterocycles. The Labute approximate surface area is 151 Å². The molecule has 24 heavy (non-hydrogen) atoms. The number of anilines is 2. The Bertz CT molecular complexity index is 691. The molecule has 2 rings (SSSR count). The number of aryl methyl sites for hydroxylation is 2. The summed E-state index contributed by atoms with van der Waals surface area (Å²) in [6.07, 6.45) is 3.23. The van der Waals surface area contributed by atoms with Gasteiger partial charge < -0.3 is 5.32 Å². The maximum atomic E-state index is 11.5. The number of thiophene rings is 1. The number of carbonyl (C=O) groups is 1. The van der Waals surface area contributed by atoms with Gasteiger partial charge in [0, 0.05) is 22.7 Å². The zero-order chi connectivity index (χ0) is 17.5. The van der Waals surface area contributed by atoms with Gasteiger partial charge in [-0.2, -0.15) is 15.0 Å². The topological polar surface area (TPSA) is 79.8 Å². The van der Waals surface area contributed by atoms with Gasteiger partial charge in [0.1, 0.15) is 5.82 Å². The molecule has 2 heterocycles. The highest BCUT2D eigenvalue weighted by molar-refractivity contribution is 7.10. The predicted molar refractivity (Wildman–Crippen MR) is 98.8 cm³/mol. The first kappa shape index (κ1) is 18.6. The summed E-state index contributed by atoms with van der Waals surface area (Å²) >= 11 is 7.64. The number of rotatable bonds is 8. The molecule has 0 spiro atoms. The quantitative estimate of drug-likeness (QED) is 0.735. The van der Waals surface area contributed by atoms with E-state index in [0.29, 0.717) is 18.2 Å². The van der Waals surface area contributed by atoms with Crippen LogP contribution in [0.25, 0.3) is 0 Å². The fourth-order valence-corrected chi connectivity index (χ4v) is 3.27. The van der Waals surface area contributed by atoms with Gasteiger partial charge in [-0.1, -0.05) is 25.4 Å². The summed E-state index contributed by atoms with van der Waals surface area (Å²) in [7, 11) is 0. The van der Waals surface area contributed by atoms with Crippen LogP contribution in [0.4, 0.5) is 11.9 Å². The van der Waals surface area contributed by atoms with E-state index in [1.165, 1.54) is 4.88 Å². The molecule has 2 aromatic rings. The van der Waals surface area contributed by atoms with Crippen molar-refractivity contribution < 1.29 is 4.79 Å². The maximum Gasteiger partial charge on any atom is 0.234 e. The summed E-state index contributed by atoms with van der Waals surface area (Å²) in [5, 5.41) is 8.75. The average Bonchev–Trinajstić information content (AvgIpc) is 2.96. The summed E-state index contributed by atoms with van der Waals surface area (Å²) in [6.45, 7) is 5.68. The van der Waals surface area contributed by atoms with Gasteiger partial charge in [-0.05, 0) is 32.3 Å².